The summed E-state index contributed by atoms with van der Waals surface area (Å²) < 4.78 is 11.7. The van der Waals surface area contributed by atoms with E-state index < -0.39 is 0 Å². The van der Waals surface area contributed by atoms with Gasteiger partial charge in [0, 0.05) is 0 Å². The fraction of sp³-hybridized carbons (Fsp3) is 1.00. The molecule has 0 saturated carbocycles. The van der Waals surface area contributed by atoms with Crippen LogP contribution in [0.2, 0.25) is 0 Å². The van der Waals surface area contributed by atoms with E-state index in [9.17, 15) is 0 Å². The van der Waals surface area contributed by atoms with Crippen molar-refractivity contribution in [2.45, 2.75) is 70.4 Å². The van der Waals surface area contributed by atoms with Crippen molar-refractivity contribution in [3.05, 3.63) is 0 Å². The molecule has 1 aliphatic rings. The number of hydrogen-bond donors (Lipinski definition) is 0. The van der Waals surface area contributed by atoms with Crippen LogP contribution < -0.4 is 0 Å². The fourth-order valence-corrected chi connectivity index (χ4v) is 1.83. The summed E-state index contributed by atoms with van der Waals surface area (Å²) in [6, 6.07) is 0. The molecule has 0 aromatic rings. The summed E-state index contributed by atoms with van der Waals surface area (Å²) in [4.78, 5) is 0. The average Bonchev–Trinajstić information content (AvgIpc) is 2.32. The zero-order valence-electron chi connectivity index (χ0n) is 10.5. The maximum atomic E-state index is 6.27. The highest BCUT2D eigenvalue weighted by Crippen LogP contribution is 2.38. The molecule has 0 bridgehead atoms. The SMILES string of the molecule is CCCCC(Cl)B1OC(C)(C)C(C)(C)O1. The molecule has 0 N–H and O–H groups in total. The molecular formula is C11H22BClO2. The molecule has 2 nitrogen and oxygen atoms in total. The molecule has 1 aliphatic heterocycles. The van der Waals surface area contributed by atoms with Crippen LogP contribution in [0.4, 0.5) is 0 Å². The lowest BCUT2D eigenvalue weighted by Crippen LogP contribution is -2.41. The summed E-state index contributed by atoms with van der Waals surface area (Å²) in [6.07, 6.45) is 3.23. The molecule has 0 radical (unpaired) electrons. The Hall–Kier alpha value is 0.275. The van der Waals surface area contributed by atoms with E-state index in [1.807, 2.05) is 0 Å². The summed E-state index contributed by atoms with van der Waals surface area (Å²) in [5.74, 6) is 0. The fourth-order valence-electron chi connectivity index (χ4n) is 1.57. The minimum atomic E-state index is -0.267. The molecule has 1 heterocycles. The van der Waals surface area contributed by atoms with Crippen molar-refractivity contribution in [2.75, 3.05) is 0 Å². The van der Waals surface area contributed by atoms with Gasteiger partial charge in [-0.05, 0) is 34.1 Å². The van der Waals surface area contributed by atoms with Crippen molar-refractivity contribution in [1.82, 2.24) is 0 Å². The third-order valence-electron chi connectivity index (χ3n) is 3.40. The van der Waals surface area contributed by atoms with Gasteiger partial charge >= 0.3 is 7.12 Å². The number of unbranched alkanes of at least 4 members (excludes halogenated alkanes) is 1. The molecule has 1 saturated heterocycles. The second-order valence-corrected chi connectivity index (χ2v) is 5.84. The third-order valence-corrected chi connectivity index (χ3v) is 3.82. The molecular weight excluding hydrogens is 210 g/mol. The van der Waals surface area contributed by atoms with Crippen LogP contribution in [-0.4, -0.2) is 23.6 Å². The Morgan fingerprint density at radius 1 is 1.13 bits per heavy atom. The molecule has 1 atom stereocenters. The van der Waals surface area contributed by atoms with E-state index in [2.05, 4.69) is 34.6 Å². The Morgan fingerprint density at radius 2 is 1.60 bits per heavy atom. The topological polar surface area (TPSA) is 18.5 Å². The molecule has 4 heteroatoms. The predicted octanol–water partition coefficient (Wildman–Crippen LogP) is 3.42. The number of hydrogen-bond acceptors (Lipinski definition) is 2. The van der Waals surface area contributed by atoms with Gasteiger partial charge in [0.2, 0.25) is 0 Å². The van der Waals surface area contributed by atoms with Gasteiger partial charge in [-0.25, -0.2) is 0 Å². The molecule has 0 aromatic heterocycles. The first-order valence-corrected chi connectivity index (χ1v) is 6.23. The highest BCUT2D eigenvalue weighted by Gasteiger charge is 2.53. The Balaban J connectivity index is 2.54. The van der Waals surface area contributed by atoms with Crippen molar-refractivity contribution < 1.29 is 9.31 Å². The van der Waals surface area contributed by atoms with Gasteiger partial charge in [-0.1, -0.05) is 19.8 Å². The van der Waals surface area contributed by atoms with Crippen LogP contribution in [-0.2, 0) is 9.31 Å². The molecule has 1 unspecified atom stereocenters. The van der Waals surface area contributed by atoms with E-state index in [-0.39, 0.29) is 23.6 Å². The van der Waals surface area contributed by atoms with Gasteiger partial charge in [0.05, 0.1) is 16.5 Å². The van der Waals surface area contributed by atoms with Crippen LogP contribution in [0.25, 0.3) is 0 Å². The smallest absolute Gasteiger partial charge is 0.402 e. The zero-order valence-corrected chi connectivity index (χ0v) is 11.2. The van der Waals surface area contributed by atoms with E-state index in [0.717, 1.165) is 19.3 Å². The van der Waals surface area contributed by atoms with Crippen molar-refractivity contribution in [3.63, 3.8) is 0 Å². The van der Waals surface area contributed by atoms with Gasteiger partial charge in [0.15, 0.2) is 0 Å². The lowest BCUT2D eigenvalue weighted by atomic mass is 9.81. The third kappa shape index (κ3) is 2.89. The van der Waals surface area contributed by atoms with E-state index in [4.69, 9.17) is 20.9 Å². The maximum absolute atomic E-state index is 6.27. The van der Waals surface area contributed by atoms with Crippen LogP contribution in [0, 0.1) is 0 Å². The lowest BCUT2D eigenvalue weighted by molar-refractivity contribution is 0.00578. The van der Waals surface area contributed by atoms with Crippen molar-refractivity contribution in [1.29, 1.82) is 0 Å². The summed E-state index contributed by atoms with van der Waals surface area (Å²) in [6.45, 7) is 10.4. The molecule has 1 fully saturated rings. The Kier molecular flexibility index (Phi) is 4.13. The van der Waals surface area contributed by atoms with Crippen molar-refractivity contribution >= 4 is 18.7 Å². The van der Waals surface area contributed by atoms with Gasteiger partial charge in [0.1, 0.15) is 0 Å². The number of halogens is 1. The minimum absolute atomic E-state index is 0.0361. The largest absolute Gasteiger partial charge is 0.476 e. The number of alkyl halides is 1. The van der Waals surface area contributed by atoms with Gasteiger partial charge in [-0.15, -0.1) is 11.6 Å². The van der Waals surface area contributed by atoms with Gasteiger partial charge in [-0.2, -0.15) is 0 Å². The Labute approximate surface area is 98.8 Å². The predicted molar refractivity (Wildman–Crippen MR) is 65.2 cm³/mol. The van der Waals surface area contributed by atoms with Gasteiger partial charge < -0.3 is 9.31 Å². The first-order valence-electron chi connectivity index (χ1n) is 5.80. The first kappa shape index (κ1) is 13.3. The first-order chi connectivity index (χ1) is 6.80. The van der Waals surface area contributed by atoms with E-state index in [1.54, 1.807) is 0 Å². The Bertz CT molecular complexity index is 203. The van der Waals surface area contributed by atoms with E-state index in [1.165, 1.54) is 0 Å². The lowest BCUT2D eigenvalue weighted by Gasteiger charge is -2.32. The molecule has 0 aromatic carbocycles. The van der Waals surface area contributed by atoms with Crippen LogP contribution in [0.3, 0.4) is 0 Å². The second-order valence-electron chi connectivity index (χ2n) is 5.28. The summed E-state index contributed by atoms with van der Waals surface area (Å²) in [5, 5.41) is -0.0361. The van der Waals surface area contributed by atoms with Crippen LogP contribution >= 0.6 is 11.6 Å². The van der Waals surface area contributed by atoms with E-state index >= 15 is 0 Å². The van der Waals surface area contributed by atoms with E-state index in [0.29, 0.717) is 0 Å². The standard InChI is InChI=1S/C11H22BClO2/c1-6-7-8-9(13)12-14-10(2,3)11(4,5)15-12/h9H,6-8H2,1-5H3. The normalized spacial score (nSPS) is 25.6. The monoisotopic (exact) mass is 232 g/mol. The summed E-state index contributed by atoms with van der Waals surface area (Å²) in [5.41, 5.74) is -0.534. The Morgan fingerprint density at radius 3 is 2.00 bits per heavy atom. The molecule has 15 heavy (non-hydrogen) atoms. The maximum Gasteiger partial charge on any atom is 0.476 e. The van der Waals surface area contributed by atoms with Crippen LogP contribution in [0.15, 0.2) is 0 Å². The molecule has 1 rings (SSSR count). The summed E-state index contributed by atoms with van der Waals surface area (Å²) in [7, 11) is -0.261. The average molecular weight is 233 g/mol. The zero-order chi connectivity index (χ0) is 11.7. The summed E-state index contributed by atoms with van der Waals surface area (Å²) >= 11 is 6.27. The molecule has 0 aliphatic carbocycles. The molecule has 88 valence electrons. The van der Waals surface area contributed by atoms with Gasteiger partial charge in [0.25, 0.3) is 0 Å². The van der Waals surface area contributed by atoms with Crippen LogP contribution in [0.1, 0.15) is 53.9 Å². The van der Waals surface area contributed by atoms with Crippen molar-refractivity contribution in [3.8, 4) is 0 Å². The second kappa shape index (κ2) is 4.64. The molecule has 0 spiro atoms. The minimum Gasteiger partial charge on any atom is -0.402 e. The quantitative estimate of drug-likeness (QED) is 0.546. The molecule has 0 amide bonds. The highest BCUT2D eigenvalue weighted by atomic mass is 35.5. The highest BCUT2D eigenvalue weighted by molar-refractivity contribution is 6.59. The van der Waals surface area contributed by atoms with Crippen molar-refractivity contribution in [2.24, 2.45) is 0 Å². The number of rotatable bonds is 4. The van der Waals surface area contributed by atoms with Gasteiger partial charge in [-0.3, -0.25) is 0 Å². The van der Waals surface area contributed by atoms with Crippen LogP contribution in [0.5, 0.6) is 0 Å².